The van der Waals surface area contributed by atoms with Crippen molar-refractivity contribution in [3.05, 3.63) is 0 Å². The number of carbonyl (C=O) groups excluding carboxylic acids is 1. The van der Waals surface area contributed by atoms with E-state index in [1.54, 1.807) is 4.90 Å². The quantitative estimate of drug-likeness (QED) is 0.572. The van der Waals surface area contributed by atoms with Crippen molar-refractivity contribution in [2.45, 2.75) is 13.0 Å². The standard InChI is InChI=1S/C8H10BrNO2/c1-7-6-10(4-5-12-7)8(11)2-3-9/h7H,4-6H2,1H3. The van der Waals surface area contributed by atoms with Crippen molar-refractivity contribution in [1.29, 1.82) is 0 Å². The molecule has 1 aliphatic rings. The van der Waals surface area contributed by atoms with E-state index in [0.717, 1.165) is 0 Å². The van der Waals surface area contributed by atoms with Gasteiger partial charge in [-0.3, -0.25) is 4.79 Å². The first kappa shape index (κ1) is 9.56. The highest BCUT2D eigenvalue weighted by Crippen LogP contribution is 2.03. The molecule has 1 amide bonds. The monoisotopic (exact) mass is 231 g/mol. The molecule has 1 atom stereocenters. The second-order valence-corrected chi connectivity index (χ2v) is 3.05. The van der Waals surface area contributed by atoms with Crippen molar-refractivity contribution in [2.75, 3.05) is 19.7 Å². The van der Waals surface area contributed by atoms with Gasteiger partial charge in [0, 0.05) is 34.9 Å². The minimum Gasteiger partial charge on any atom is -0.375 e. The molecule has 3 nitrogen and oxygen atoms in total. The molecule has 0 spiro atoms. The van der Waals surface area contributed by atoms with Crippen LogP contribution in [0.2, 0.25) is 0 Å². The van der Waals surface area contributed by atoms with E-state index in [4.69, 9.17) is 4.74 Å². The van der Waals surface area contributed by atoms with Crippen LogP contribution < -0.4 is 0 Å². The average Bonchev–Trinajstić information content (AvgIpc) is 2.05. The summed E-state index contributed by atoms with van der Waals surface area (Å²) in [5, 5.41) is 0. The minimum absolute atomic E-state index is 0.125. The molecular formula is C8H10BrNO2. The van der Waals surface area contributed by atoms with Gasteiger partial charge >= 0.3 is 0 Å². The first-order chi connectivity index (χ1) is 5.74. The van der Waals surface area contributed by atoms with Crippen molar-refractivity contribution in [2.24, 2.45) is 0 Å². The lowest BCUT2D eigenvalue weighted by Crippen LogP contribution is -2.44. The van der Waals surface area contributed by atoms with Gasteiger partial charge in [0.1, 0.15) is 0 Å². The van der Waals surface area contributed by atoms with Crippen LogP contribution in [-0.2, 0) is 9.53 Å². The zero-order valence-corrected chi connectivity index (χ0v) is 8.43. The number of hydrogen-bond acceptors (Lipinski definition) is 2. The van der Waals surface area contributed by atoms with Crippen LogP contribution >= 0.6 is 15.9 Å². The van der Waals surface area contributed by atoms with E-state index in [0.29, 0.717) is 19.7 Å². The Labute approximate surface area is 80.2 Å². The van der Waals surface area contributed by atoms with Crippen LogP contribution in [0, 0.1) is 10.8 Å². The van der Waals surface area contributed by atoms with E-state index in [2.05, 4.69) is 26.7 Å². The summed E-state index contributed by atoms with van der Waals surface area (Å²) >= 11 is 2.89. The second kappa shape index (κ2) is 4.48. The van der Waals surface area contributed by atoms with E-state index in [9.17, 15) is 4.79 Å². The summed E-state index contributed by atoms with van der Waals surface area (Å²) in [6.07, 6.45) is 0.125. The molecule has 12 heavy (non-hydrogen) atoms. The molecule has 0 aromatic rings. The molecule has 66 valence electrons. The lowest BCUT2D eigenvalue weighted by atomic mass is 10.3. The smallest absolute Gasteiger partial charge is 0.299 e. The lowest BCUT2D eigenvalue weighted by molar-refractivity contribution is -0.131. The predicted molar refractivity (Wildman–Crippen MR) is 48.7 cm³/mol. The molecule has 4 heteroatoms. The summed E-state index contributed by atoms with van der Waals surface area (Å²) in [7, 11) is 0. The Hall–Kier alpha value is -0.530. The number of rotatable bonds is 0. The van der Waals surface area contributed by atoms with Crippen molar-refractivity contribution in [1.82, 2.24) is 4.90 Å². The number of morpholine rings is 1. The van der Waals surface area contributed by atoms with Gasteiger partial charge in [-0.15, -0.1) is 0 Å². The fraction of sp³-hybridized carbons (Fsp3) is 0.625. The summed E-state index contributed by atoms with van der Waals surface area (Å²) in [6.45, 7) is 3.84. The van der Waals surface area contributed by atoms with Crippen LogP contribution in [0.5, 0.6) is 0 Å². The number of ether oxygens (including phenoxy) is 1. The van der Waals surface area contributed by atoms with E-state index >= 15 is 0 Å². The topological polar surface area (TPSA) is 29.5 Å². The Bertz CT molecular complexity index is 231. The molecule has 1 fully saturated rings. The van der Waals surface area contributed by atoms with Crippen LogP contribution in [0.1, 0.15) is 6.92 Å². The molecular weight excluding hydrogens is 222 g/mol. The highest BCUT2D eigenvalue weighted by atomic mass is 79.9. The van der Waals surface area contributed by atoms with Crippen molar-refractivity contribution < 1.29 is 9.53 Å². The SMILES string of the molecule is CC1CN(C(=O)C#CBr)CCO1. The summed E-state index contributed by atoms with van der Waals surface area (Å²) in [4.78, 5) is 15.3. The van der Waals surface area contributed by atoms with Gasteiger partial charge < -0.3 is 9.64 Å². The van der Waals surface area contributed by atoms with Gasteiger partial charge in [-0.2, -0.15) is 0 Å². The molecule has 1 rings (SSSR count). The summed E-state index contributed by atoms with van der Waals surface area (Å²) in [5.41, 5.74) is 0. The van der Waals surface area contributed by atoms with Crippen LogP contribution in [-0.4, -0.2) is 36.6 Å². The number of nitrogens with zero attached hydrogens (tertiary/aromatic N) is 1. The van der Waals surface area contributed by atoms with Gasteiger partial charge in [-0.25, -0.2) is 0 Å². The molecule has 0 saturated carbocycles. The number of hydrogen-bond donors (Lipinski definition) is 0. The third-order valence-electron chi connectivity index (χ3n) is 1.68. The van der Waals surface area contributed by atoms with Gasteiger partial charge in [0.15, 0.2) is 0 Å². The van der Waals surface area contributed by atoms with Crippen LogP contribution in [0.4, 0.5) is 0 Å². The maximum absolute atomic E-state index is 11.2. The summed E-state index contributed by atoms with van der Waals surface area (Å²) in [6, 6.07) is 0. The van der Waals surface area contributed by atoms with Crippen LogP contribution in [0.15, 0.2) is 0 Å². The second-order valence-electron chi connectivity index (χ2n) is 2.65. The van der Waals surface area contributed by atoms with Crippen LogP contribution in [0.25, 0.3) is 0 Å². The zero-order chi connectivity index (χ0) is 8.97. The van der Waals surface area contributed by atoms with E-state index < -0.39 is 0 Å². The average molecular weight is 232 g/mol. The Morgan fingerprint density at radius 3 is 3.08 bits per heavy atom. The maximum atomic E-state index is 11.2. The molecule has 0 radical (unpaired) electrons. The third-order valence-corrected chi connectivity index (χ3v) is 1.88. The molecule has 1 aliphatic heterocycles. The number of carbonyl (C=O) groups is 1. The van der Waals surface area contributed by atoms with E-state index in [-0.39, 0.29) is 12.0 Å². The van der Waals surface area contributed by atoms with Crippen molar-refractivity contribution in [3.8, 4) is 10.8 Å². The Morgan fingerprint density at radius 1 is 1.75 bits per heavy atom. The molecule has 0 bridgehead atoms. The Balaban J connectivity index is 2.49. The third kappa shape index (κ3) is 2.50. The van der Waals surface area contributed by atoms with Gasteiger partial charge in [-0.05, 0) is 11.8 Å². The van der Waals surface area contributed by atoms with Crippen molar-refractivity contribution >= 4 is 21.8 Å². The maximum Gasteiger partial charge on any atom is 0.299 e. The summed E-state index contributed by atoms with van der Waals surface area (Å²) in [5.74, 6) is 2.30. The molecule has 0 aromatic carbocycles. The highest BCUT2D eigenvalue weighted by molar-refractivity contribution is 9.12. The van der Waals surface area contributed by atoms with Gasteiger partial charge in [0.05, 0.1) is 12.7 Å². The minimum atomic E-state index is -0.137. The largest absolute Gasteiger partial charge is 0.375 e. The molecule has 0 aliphatic carbocycles. The lowest BCUT2D eigenvalue weighted by Gasteiger charge is -2.29. The zero-order valence-electron chi connectivity index (χ0n) is 6.84. The fourth-order valence-electron chi connectivity index (χ4n) is 1.12. The fourth-order valence-corrected chi connectivity index (χ4v) is 1.29. The summed E-state index contributed by atoms with van der Waals surface area (Å²) < 4.78 is 5.28. The van der Waals surface area contributed by atoms with E-state index in [1.807, 2.05) is 6.92 Å². The first-order valence-corrected chi connectivity index (χ1v) is 4.55. The molecule has 1 heterocycles. The normalized spacial score (nSPS) is 22.8. The molecule has 1 unspecified atom stereocenters. The Kier molecular flexibility index (Phi) is 3.57. The van der Waals surface area contributed by atoms with Crippen molar-refractivity contribution in [3.63, 3.8) is 0 Å². The van der Waals surface area contributed by atoms with Crippen LogP contribution in [0.3, 0.4) is 0 Å². The molecule has 1 saturated heterocycles. The number of halogens is 1. The van der Waals surface area contributed by atoms with Gasteiger partial charge in [-0.1, -0.05) is 0 Å². The Morgan fingerprint density at radius 2 is 2.50 bits per heavy atom. The molecule has 0 aromatic heterocycles. The highest BCUT2D eigenvalue weighted by Gasteiger charge is 2.19. The van der Waals surface area contributed by atoms with Gasteiger partial charge in [0.2, 0.25) is 0 Å². The van der Waals surface area contributed by atoms with E-state index in [1.165, 1.54) is 0 Å². The van der Waals surface area contributed by atoms with Gasteiger partial charge in [0.25, 0.3) is 5.91 Å². The number of amides is 1. The first-order valence-electron chi connectivity index (χ1n) is 3.76. The molecule has 0 N–H and O–H groups in total. The predicted octanol–water partition coefficient (Wildman–Crippen LogP) is 0.590.